The number of hydrogen-bond donors (Lipinski definition) is 1. The van der Waals surface area contributed by atoms with Gasteiger partial charge in [-0.1, -0.05) is 13.8 Å². The molecular weight excluding hydrogens is 268 g/mol. The summed E-state index contributed by atoms with van der Waals surface area (Å²) in [5.74, 6) is 0.732. The van der Waals surface area contributed by atoms with Crippen LogP contribution in [0.25, 0.3) is 0 Å². The van der Waals surface area contributed by atoms with Crippen LogP contribution in [0.3, 0.4) is 0 Å². The minimum absolute atomic E-state index is 0.0345. The number of nitrogens with zero attached hydrogens (tertiary/aromatic N) is 3. The van der Waals surface area contributed by atoms with Crippen LogP contribution in [0.1, 0.15) is 39.2 Å². The molecule has 0 saturated heterocycles. The molecule has 0 aliphatic heterocycles. The molecule has 0 aliphatic carbocycles. The molecule has 1 atom stereocenters. The van der Waals surface area contributed by atoms with Crippen LogP contribution in [0, 0.1) is 17.0 Å². The van der Waals surface area contributed by atoms with E-state index in [1.54, 1.807) is 6.07 Å². The summed E-state index contributed by atoms with van der Waals surface area (Å²) in [7, 11) is 0. The average molecular weight is 294 g/mol. The Hall–Kier alpha value is -1.69. The van der Waals surface area contributed by atoms with Gasteiger partial charge in [0.1, 0.15) is 12.0 Å². The Kier molecular flexibility index (Phi) is 7.08. The van der Waals surface area contributed by atoms with Gasteiger partial charge < -0.3 is 10.2 Å². The summed E-state index contributed by atoms with van der Waals surface area (Å²) in [6.45, 7) is 11.6. The normalized spacial score (nSPS) is 12.4. The number of hydrogen-bond acceptors (Lipinski definition) is 5. The number of rotatable bonds is 9. The molecule has 1 unspecified atom stereocenters. The SMILES string of the molecule is CCN(CC)CCCC(C)Nc1ncc([N+](=O)[O-])cc1C. The Morgan fingerprint density at radius 1 is 1.43 bits per heavy atom. The molecule has 0 bridgehead atoms. The van der Waals surface area contributed by atoms with E-state index in [1.165, 1.54) is 6.20 Å². The zero-order valence-corrected chi connectivity index (χ0v) is 13.4. The van der Waals surface area contributed by atoms with Crippen LogP contribution in [-0.4, -0.2) is 40.5 Å². The lowest BCUT2D eigenvalue weighted by Crippen LogP contribution is -2.25. The predicted octanol–water partition coefficient (Wildman–Crippen LogP) is 3.22. The van der Waals surface area contributed by atoms with Crippen LogP contribution in [-0.2, 0) is 0 Å². The molecule has 0 saturated carbocycles. The van der Waals surface area contributed by atoms with Gasteiger partial charge in [-0.25, -0.2) is 4.98 Å². The highest BCUT2D eigenvalue weighted by Gasteiger charge is 2.11. The fourth-order valence-electron chi connectivity index (χ4n) is 2.28. The zero-order valence-electron chi connectivity index (χ0n) is 13.4. The van der Waals surface area contributed by atoms with Gasteiger partial charge >= 0.3 is 0 Å². The Labute approximate surface area is 126 Å². The van der Waals surface area contributed by atoms with E-state index in [4.69, 9.17) is 0 Å². The van der Waals surface area contributed by atoms with E-state index in [-0.39, 0.29) is 5.69 Å². The highest BCUT2D eigenvalue weighted by molar-refractivity contribution is 5.48. The quantitative estimate of drug-likeness (QED) is 0.559. The third kappa shape index (κ3) is 5.67. The molecule has 0 spiro atoms. The predicted molar refractivity (Wildman–Crippen MR) is 85.7 cm³/mol. The van der Waals surface area contributed by atoms with Crippen molar-refractivity contribution in [3.05, 3.63) is 27.9 Å². The average Bonchev–Trinajstić information content (AvgIpc) is 2.45. The standard InChI is InChI=1S/C15H26N4O2/c1-5-18(6-2)9-7-8-13(4)17-15-12(3)10-14(11-16-15)19(20)21/h10-11,13H,5-9H2,1-4H3,(H,16,17). The van der Waals surface area contributed by atoms with Gasteiger partial charge in [0, 0.05) is 12.1 Å². The first-order chi connectivity index (χ1) is 9.97. The maximum absolute atomic E-state index is 10.7. The first kappa shape index (κ1) is 17.4. The van der Waals surface area contributed by atoms with E-state index < -0.39 is 4.92 Å². The number of aromatic nitrogens is 1. The molecule has 1 N–H and O–H groups in total. The summed E-state index contributed by atoms with van der Waals surface area (Å²) in [5.41, 5.74) is 0.840. The smallest absolute Gasteiger partial charge is 0.287 e. The highest BCUT2D eigenvalue weighted by atomic mass is 16.6. The van der Waals surface area contributed by atoms with E-state index in [9.17, 15) is 10.1 Å². The Morgan fingerprint density at radius 3 is 2.62 bits per heavy atom. The van der Waals surface area contributed by atoms with Crippen molar-refractivity contribution in [3.8, 4) is 0 Å². The van der Waals surface area contributed by atoms with Gasteiger partial charge in [-0.2, -0.15) is 0 Å². The largest absolute Gasteiger partial charge is 0.367 e. The van der Waals surface area contributed by atoms with Crippen molar-refractivity contribution in [2.45, 2.75) is 46.6 Å². The molecular formula is C15H26N4O2. The van der Waals surface area contributed by atoms with Crippen LogP contribution >= 0.6 is 0 Å². The molecule has 0 fully saturated rings. The van der Waals surface area contributed by atoms with Gasteiger partial charge in [-0.15, -0.1) is 0 Å². The van der Waals surface area contributed by atoms with Crippen molar-refractivity contribution in [1.29, 1.82) is 0 Å². The third-order valence-electron chi connectivity index (χ3n) is 3.66. The second-order valence-electron chi connectivity index (χ2n) is 5.33. The summed E-state index contributed by atoms with van der Waals surface area (Å²) < 4.78 is 0. The van der Waals surface area contributed by atoms with Crippen molar-refractivity contribution < 1.29 is 4.92 Å². The second kappa shape index (κ2) is 8.56. The summed E-state index contributed by atoms with van der Waals surface area (Å²) in [4.78, 5) is 16.8. The van der Waals surface area contributed by atoms with Gasteiger partial charge in [-0.3, -0.25) is 10.1 Å². The van der Waals surface area contributed by atoms with E-state index in [0.29, 0.717) is 6.04 Å². The van der Waals surface area contributed by atoms with Crippen molar-refractivity contribution in [2.24, 2.45) is 0 Å². The molecule has 0 aliphatic rings. The summed E-state index contributed by atoms with van der Waals surface area (Å²) in [6.07, 6.45) is 3.48. The lowest BCUT2D eigenvalue weighted by Gasteiger charge is -2.20. The monoisotopic (exact) mass is 294 g/mol. The summed E-state index contributed by atoms with van der Waals surface area (Å²) in [6, 6.07) is 1.85. The van der Waals surface area contributed by atoms with Crippen molar-refractivity contribution in [2.75, 3.05) is 25.0 Å². The van der Waals surface area contributed by atoms with E-state index in [1.807, 2.05) is 6.92 Å². The van der Waals surface area contributed by atoms with Gasteiger partial charge in [-0.05, 0) is 51.9 Å². The van der Waals surface area contributed by atoms with Crippen LogP contribution in [0.2, 0.25) is 0 Å². The topological polar surface area (TPSA) is 71.3 Å². The lowest BCUT2D eigenvalue weighted by atomic mass is 10.1. The van der Waals surface area contributed by atoms with Crippen molar-refractivity contribution >= 4 is 11.5 Å². The molecule has 1 rings (SSSR count). The summed E-state index contributed by atoms with van der Waals surface area (Å²) >= 11 is 0. The number of nitro groups is 1. The molecule has 6 nitrogen and oxygen atoms in total. The minimum atomic E-state index is -0.419. The number of aryl methyl sites for hydroxylation is 1. The number of pyridine rings is 1. The van der Waals surface area contributed by atoms with Crippen LogP contribution in [0.15, 0.2) is 12.3 Å². The molecule has 0 radical (unpaired) electrons. The summed E-state index contributed by atoms with van der Waals surface area (Å²) in [5, 5.41) is 14.0. The molecule has 1 heterocycles. The highest BCUT2D eigenvalue weighted by Crippen LogP contribution is 2.19. The number of anilines is 1. The van der Waals surface area contributed by atoms with Gasteiger partial charge in [0.2, 0.25) is 0 Å². The van der Waals surface area contributed by atoms with E-state index in [0.717, 1.165) is 43.9 Å². The Balaban J connectivity index is 2.47. The first-order valence-corrected chi connectivity index (χ1v) is 7.57. The van der Waals surface area contributed by atoms with Gasteiger partial charge in [0.05, 0.1) is 4.92 Å². The maximum atomic E-state index is 10.7. The van der Waals surface area contributed by atoms with Crippen LogP contribution < -0.4 is 5.32 Å². The van der Waals surface area contributed by atoms with E-state index >= 15 is 0 Å². The minimum Gasteiger partial charge on any atom is -0.367 e. The first-order valence-electron chi connectivity index (χ1n) is 7.57. The van der Waals surface area contributed by atoms with Crippen LogP contribution in [0.5, 0.6) is 0 Å². The fraction of sp³-hybridized carbons (Fsp3) is 0.667. The molecule has 1 aromatic heterocycles. The molecule has 0 amide bonds. The molecule has 1 aromatic rings. The van der Waals surface area contributed by atoms with Gasteiger partial charge in [0.25, 0.3) is 5.69 Å². The Morgan fingerprint density at radius 2 is 2.10 bits per heavy atom. The zero-order chi connectivity index (χ0) is 15.8. The van der Waals surface area contributed by atoms with Crippen molar-refractivity contribution in [1.82, 2.24) is 9.88 Å². The molecule has 0 aromatic carbocycles. The molecule has 21 heavy (non-hydrogen) atoms. The maximum Gasteiger partial charge on any atom is 0.287 e. The lowest BCUT2D eigenvalue weighted by molar-refractivity contribution is -0.385. The third-order valence-corrected chi connectivity index (χ3v) is 3.66. The van der Waals surface area contributed by atoms with Gasteiger partial charge in [0.15, 0.2) is 0 Å². The van der Waals surface area contributed by atoms with E-state index in [2.05, 4.69) is 36.0 Å². The fourth-order valence-corrected chi connectivity index (χ4v) is 2.28. The van der Waals surface area contributed by atoms with Crippen molar-refractivity contribution in [3.63, 3.8) is 0 Å². The number of nitrogens with one attached hydrogen (secondary N) is 1. The molecule has 118 valence electrons. The Bertz CT molecular complexity index is 461. The molecule has 6 heteroatoms. The van der Waals surface area contributed by atoms with Crippen LogP contribution in [0.4, 0.5) is 11.5 Å². The second-order valence-corrected chi connectivity index (χ2v) is 5.33.